The van der Waals surface area contributed by atoms with Crippen molar-refractivity contribution in [1.82, 2.24) is 0 Å². The predicted molar refractivity (Wildman–Crippen MR) is 101 cm³/mol. The zero-order valence-electron chi connectivity index (χ0n) is 16.2. The normalized spacial score (nSPS) is 11.8. The molecule has 146 valence electrons. The molecule has 5 nitrogen and oxygen atoms in total. The fourth-order valence-corrected chi connectivity index (χ4v) is 2.52. The average Bonchev–Trinajstić information content (AvgIpc) is 2.65. The van der Waals surface area contributed by atoms with E-state index in [9.17, 15) is 9.59 Å². The van der Waals surface area contributed by atoms with Crippen molar-refractivity contribution in [3.63, 3.8) is 0 Å². The molecule has 0 aliphatic rings. The van der Waals surface area contributed by atoms with Crippen molar-refractivity contribution in [2.45, 2.75) is 71.4 Å². The lowest BCUT2D eigenvalue weighted by Crippen LogP contribution is -2.90. The van der Waals surface area contributed by atoms with E-state index in [-0.39, 0.29) is 18.0 Å². The van der Waals surface area contributed by atoms with E-state index in [1.54, 1.807) is 0 Å². The summed E-state index contributed by atoms with van der Waals surface area (Å²) in [5.74, 6) is -0.367. The lowest BCUT2D eigenvalue weighted by atomic mass is 10.1. The van der Waals surface area contributed by atoms with Crippen LogP contribution in [-0.2, 0) is 25.6 Å². The molecule has 0 aromatic heterocycles. The Kier molecular flexibility index (Phi) is 12.2. The molecule has 1 rings (SSSR count). The van der Waals surface area contributed by atoms with Gasteiger partial charge in [0.15, 0.2) is 6.04 Å². The second kappa shape index (κ2) is 14.3. The quantitative estimate of drug-likeness (QED) is 0.407. The smallest absolute Gasteiger partial charge is 0.364 e. The Morgan fingerprint density at radius 1 is 0.962 bits per heavy atom. The van der Waals surface area contributed by atoms with Gasteiger partial charge in [-0.3, -0.25) is 4.79 Å². The van der Waals surface area contributed by atoms with Gasteiger partial charge < -0.3 is 14.8 Å². The second-order valence-electron chi connectivity index (χ2n) is 6.52. The van der Waals surface area contributed by atoms with Gasteiger partial charge in [0.2, 0.25) is 0 Å². The number of esters is 2. The minimum absolute atomic E-state index is 0.181. The summed E-state index contributed by atoms with van der Waals surface area (Å²) < 4.78 is 10.6. The molecule has 0 saturated carbocycles. The van der Waals surface area contributed by atoms with Crippen LogP contribution in [0.25, 0.3) is 0 Å². The lowest BCUT2D eigenvalue weighted by molar-refractivity contribution is -0.694. The number of hydrogen-bond donors (Lipinski definition) is 1. The van der Waals surface area contributed by atoms with E-state index in [1.807, 2.05) is 35.6 Å². The molecule has 26 heavy (non-hydrogen) atoms. The summed E-state index contributed by atoms with van der Waals surface area (Å²) >= 11 is 0. The van der Waals surface area contributed by atoms with Gasteiger partial charge in [-0.05, 0) is 19.3 Å². The van der Waals surface area contributed by atoms with Gasteiger partial charge in [-0.15, -0.1) is 0 Å². The van der Waals surface area contributed by atoms with Crippen molar-refractivity contribution in [1.29, 1.82) is 0 Å². The van der Waals surface area contributed by atoms with E-state index in [0.717, 1.165) is 37.8 Å². The van der Waals surface area contributed by atoms with Crippen LogP contribution in [0.15, 0.2) is 30.3 Å². The molecule has 0 radical (unpaired) electrons. The fraction of sp³-hybridized carbons (Fsp3) is 0.619. The molecule has 1 aromatic rings. The Hall–Kier alpha value is -1.88. The molecule has 2 N–H and O–H groups in total. The van der Waals surface area contributed by atoms with Crippen molar-refractivity contribution in [2.24, 2.45) is 0 Å². The highest BCUT2D eigenvalue weighted by atomic mass is 16.5. The molecule has 0 spiro atoms. The van der Waals surface area contributed by atoms with E-state index < -0.39 is 0 Å². The van der Waals surface area contributed by atoms with Crippen LogP contribution in [0.5, 0.6) is 0 Å². The van der Waals surface area contributed by atoms with E-state index in [0.29, 0.717) is 32.5 Å². The number of hydrogen-bond acceptors (Lipinski definition) is 4. The molecular formula is C21H34NO4+. The highest BCUT2D eigenvalue weighted by molar-refractivity contribution is 5.74. The van der Waals surface area contributed by atoms with Crippen LogP contribution in [0.4, 0.5) is 0 Å². The monoisotopic (exact) mass is 364 g/mol. The minimum atomic E-state index is -0.282. The number of carbonyl (C=O) groups is 2. The summed E-state index contributed by atoms with van der Waals surface area (Å²) in [6.07, 6.45) is 5.36. The van der Waals surface area contributed by atoms with Gasteiger partial charge in [-0.25, -0.2) is 4.79 Å². The van der Waals surface area contributed by atoms with Crippen LogP contribution < -0.4 is 5.32 Å². The second-order valence-corrected chi connectivity index (χ2v) is 6.52. The molecule has 0 saturated heterocycles. The van der Waals surface area contributed by atoms with Crippen LogP contribution >= 0.6 is 0 Å². The Bertz CT molecular complexity index is 504. The zero-order valence-corrected chi connectivity index (χ0v) is 16.2. The first-order valence-corrected chi connectivity index (χ1v) is 9.86. The Morgan fingerprint density at radius 2 is 1.62 bits per heavy atom. The summed E-state index contributed by atoms with van der Waals surface area (Å²) in [5, 5.41) is 2.01. The Balaban J connectivity index is 2.43. The van der Waals surface area contributed by atoms with Crippen molar-refractivity contribution in [2.75, 3.05) is 13.2 Å². The first-order chi connectivity index (χ1) is 12.7. The molecule has 1 aromatic carbocycles. The number of unbranched alkanes of at least 4 members (excludes halogenated alkanes) is 2. The van der Waals surface area contributed by atoms with Crippen molar-refractivity contribution in [3.8, 4) is 0 Å². The summed E-state index contributed by atoms with van der Waals surface area (Å²) in [7, 11) is 0. The van der Waals surface area contributed by atoms with E-state index in [1.165, 1.54) is 0 Å². The third-order valence-corrected chi connectivity index (χ3v) is 4.18. The van der Waals surface area contributed by atoms with Crippen molar-refractivity contribution < 1.29 is 24.4 Å². The van der Waals surface area contributed by atoms with Gasteiger partial charge in [0.05, 0.1) is 13.2 Å². The molecule has 1 unspecified atom stereocenters. The molecule has 0 fully saturated rings. The highest BCUT2D eigenvalue weighted by Gasteiger charge is 2.23. The molecule has 5 heteroatoms. The largest absolute Gasteiger partial charge is 0.466 e. The van der Waals surface area contributed by atoms with Crippen molar-refractivity contribution in [3.05, 3.63) is 35.9 Å². The molecule has 0 aliphatic carbocycles. The number of ether oxygens (including phenoxy) is 2. The number of rotatable bonds is 14. The Labute approximate surface area is 157 Å². The third-order valence-electron chi connectivity index (χ3n) is 4.18. The standard InChI is InChI=1S/C21H33NO4/c1-3-5-15-25-20(23)14-10-13-19(21(24)26-16-6-4-2)22-17-18-11-8-7-9-12-18/h7-9,11-12,19,22H,3-6,10,13-17H2,1-2H3/p+1. The molecule has 0 aliphatic heterocycles. The number of carbonyl (C=O) groups excluding carboxylic acids is 2. The number of quaternary nitrogens is 1. The number of benzene rings is 1. The third kappa shape index (κ3) is 10.2. The first kappa shape index (κ1) is 22.2. The van der Waals surface area contributed by atoms with Crippen molar-refractivity contribution >= 4 is 11.9 Å². The van der Waals surface area contributed by atoms with Crippen LogP contribution in [0.3, 0.4) is 0 Å². The molecule has 0 heterocycles. The molecular weight excluding hydrogens is 330 g/mol. The van der Waals surface area contributed by atoms with Gasteiger partial charge in [-0.2, -0.15) is 0 Å². The maximum atomic E-state index is 12.4. The van der Waals surface area contributed by atoms with Crippen LogP contribution in [0.1, 0.15) is 64.4 Å². The number of nitrogens with two attached hydrogens (primary N) is 1. The highest BCUT2D eigenvalue weighted by Crippen LogP contribution is 2.04. The maximum Gasteiger partial charge on any atom is 0.364 e. The topological polar surface area (TPSA) is 69.2 Å². The van der Waals surface area contributed by atoms with Crippen LogP contribution in [0, 0.1) is 0 Å². The van der Waals surface area contributed by atoms with Gasteiger partial charge in [-0.1, -0.05) is 57.0 Å². The van der Waals surface area contributed by atoms with Crippen LogP contribution in [-0.4, -0.2) is 31.2 Å². The van der Waals surface area contributed by atoms with Crippen LogP contribution in [0.2, 0.25) is 0 Å². The average molecular weight is 365 g/mol. The zero-order chi connectivity index (χ0) is 19.0. The maximum absolute atomic E-state index is 12.4. The Morgan fingerprint density at radius 3 is 2.27 bits per heavy atom. The molecule has 1 atom stereocenters. The minimum Gasteiger partial charge on any atom is -0.466 e. The first-order valence-electron chi connectivity index (χ1n) is 9.86. The van der Waals surface area contributed by atoms with E-state index in [4.69, 9.17) is 9.47 Å². The van der Waals surface area contributed by atoms with E-state index in [2.05, 4.69) is 13.8 Å². The molecule has 0 amide bonds. The van der Waals surface area contributed by atoms with Gasteiger partial charge >= 0.3 is 11.9 Å². The SMILES string of the molecule is CCCCOC(=O)CCCC([NH2+]Cc1ccccc1)C(=O)OCCCC. The van der Waals surface area contributed by atoms with Gasteiger partial charge in [0.25, 0.3) is 0 Å². The fourth-order valence-electron chi connectivity index (χ4n) is 2.52. The van der Waals surface area contributed by atoms with Gasteiger partial charge in [0.1, 0.15) is 6.54 Å². The lowest BCUT2D eigenvalue weighted by Gasteiger charge is -2.15. The summed E-state index contributed by atoms with van der Waals surface area (Å²) in [6, 6.07) is 9.76. The summed E-state index contributed by atoms with van der Waals surface area (Å²) in [6.45, 7) is 5.79. The predicted octanol–water partition coefficient (Wildman–Crippen LogP) is 2.98. The summed E-state index contributed by atoms with van der Waals surface area (Å²) in [4.78, 5) is 24.1. The molecule has 0 bridgehead atoms. The van der Waals surface area contributed by atoms with Gasteiger partial charge in [0, 0.05) is 18.4 Å². The van der Waals surface area contributed by atoms with E-state index >= 15 is 0 Å². The summed E-state index contributed by atoms with van der Waals surface area (Å²) in [5.41, 5.74) is 1.16.